The fraction of sp³-hybridized carbons (Fsp3) is 0.360. The maximum absolute atomic E-state index is 12.8. The number of hydrazine groups is 1. The van der Waals surface area contributed by atoms with Gasteiger partial charge in [0.25, 0.3) is 5.91 Å². The highest BCUT2D eigenvalue weighted by atomic mass is 32.1. The quantitative estimate of drug-likeness (QED) is 0.562. The van der Waals surface area contributed by atoms with E-state index < -0.39 is 0 Å². The Balaban J connectivity index is 1.41. The minimum atomic E-state index is -0.288. The standard InChI is InChI=1S/C25H31N5O2S/c1-25(2,19-8-12-21(32-5)13-9-19)22-16-33-24(26-22)27-23(31)18-6-10-20(11-7-18)29-14-15-30(17-29)28(3)4/h6-13,16H,14-15,17H2,1-5H3,(H,26,27,31). The molecule has 174 valence electrons. The highest BCUT2D eigenvalue weighted by Gasteiger charge is 2.27. The summed E-state index contributed by atoms with van der Waals surface area (Å²) in [5.74, 6) is 0.674. The highest BCUT2D eigenvalue weighted by Crippen LogP contribution is 2.34. The first-order valence-electron chi connectivity index (χ1n) is 11.0. The van der Waals surface area contributed by atoms with Gasteiger partial charge in [0.2, 0.25) is 0 Å². The number of benzene rings is 2. The maximum atomic E-state index is 12.8. The van der Waals surface area contributed by atoms with Gasteiger partial charge in [0.1, 0.15) is 5.75 Å². The van der Waals surface area contributed by atoms with E-state index in [1.807, 2.05) is 41.8 Å². The Labute approximate surface area is 199 Å². The summed E-state index contributed by atoms with van der Waals surface area (Å²) < 4.78 is 5.26. The van der Waals surface area contributed by atoms with E-state index >= 15 is 0 Å². The molecule has 2 aromatic carbocycles. The minimum Gasteiger partial charge on any atom is -0.497 e. The molecule has 2 heterocycles. The third kappa shape index (κ3) is 5.03. The number of carbonyl (C=O) groups is 1. The first-order chi connectivity index (χ1) is 15.8. The summed E-state index contributed by atoms with van der Waals surface area (Å²) in [6, 6.07) is 15.8. The van der Waals surface area contributed by atoms with E-state index in [2.05, 4.69) is 60.3 Å². The largest absolute Gasteiger partial charge is 0.497 e. The van der Waals surface area contributed by atoms with Gasteiger partial charge in [-0.2, -0.15) is 0 Å². The van der Waals surface area contributed by atoms with Crippen molar-refractivity contribution in [3.8, 4) is 5.75 Å². The molecule has 1 saturated heterocycles. The zero-order chi connectivity index (χ0) is 23.6. The van der Waals surface area contributed by atoms with Crippen molar-refractivity contribution in [2.75, 3.05) is 51.2 Å². The van der Waals surface area contributed by atoms with Crippen LogP contribution in [0, 0.1) is 0 Å². The van der Waals surface area contributed by atoms with Crippen LogP contribution in [0.25, 0.3) is 0 Å². The van der Waals surface area contributed by atoms with Crippen molar-refractivity contribution in [3.63, 3.8) is 0 Å². The number of hydrogen-bond donors (Lipinski definition) is 1. The molecular weight excluding hydrogens is 434 g/mol. The molecule has 1 amide bonds. The summed E-state index contributed by atoms with van der Waals surface area (Å²) in [5, 5.41) is 9.94. The fourth-order valence-electron chi connectivity index (χ4n) is 3.88. The van der Waals surface area contributed by atoms with Gasteiger partial charge in [-0.1, -0.05) is 26.0 Å². The lowest BCUT2D eigenvalue weighted by Gasteiger charge is -2.24. The van der Waals surface area contributed by atoms with Gasteiger partial charge in [0.05, 0.1) is 19.5 Å². The van der Waals surface area contributed by atoms with Crippen LogP contribution in [0.15, 0.2) is 53.9 Å². The van der Waals surface area contributed by atoms with Crippen LogP contribution < -0.4 is 15.0 Å². The van der Waals surface area contributed by atoms with Crippen LogP contribution in [0.3, 0.4) is 0 Å². The lowest BCUT2D eigenvalue weighted by atomic mass is 9.82. The molecule has 0 bridgehead atoms. The van der Waals surface area contributed by atoms with Gasteiger partial charge < -0.3 is 9.64 Å². The molecule has 33 heavy (non-hydrogen) atoms. The van der Waals surface area contributed by atoms with Gasteiger partial charge in [0, 0.05) is 49.2 Å². The van der Waals surface area contributed by atoms with Crippen LogP contribution in [0.5, 0.6) is 5.75 Å². The van der Waals surface area contributed by atoms with Gasteiger partial charge >= 0.3 is 0 Å². The fourth-order valence-corrected chi connectivity index (χ4v) is 4.75. The number of thiazole rings is 1. The van der Waals surface area contributed by atoms with E-state index in [0.717, 1.165) is 42.5 Å². The van der Waals surface area contributed by atoms with Crippen molar-refractivity contribution in [1.82, 2.24) is 15.0 Å². The van der Waals surface area contributed by atoms with Crippen molar-refractivity contribution in [2.45, 2.75) is 19.3 Å². The second-order valence-corrected chi connectivity index (χ2v) is 9.73. The Morgan fingerprint density at radius 2 is 1.79 bits per heavy atom. The van der Waals surface area contributed by atoms with E-state index in [4.69, 9.17) is 9.72 Å². The number of anilines is 2. The molecule has 3 aromatic rings. The van der Waals surface area contributed by atoms with Gasteiger partial charge in [-0.15, -0.1) is 11.3 Å². The predicted octanol–water partition coefficient (Wildman–Crippen LogP) is 4.29. The Morgan fingerprint density at radius 1 is 1.09 bits per heavy atom. The lowest BCUT2D eigenvalue weighted by Crippen LogP contribution is -2.36. The molecule has 1 aliphatic heterocycles. The zero-order valence-electron chi connectivity index (χ0n) is 19.8. The number of carbonyl (C=O) groups excluding carboxylic acids is 1. The van der Waals surface area contributed by atoms with Crippen molar-refractivity contribution >= 4 is 28.1 Å². The van der Waals surface area contributed by atoms with Crippen molar-refractivity contribution in [3.05, 3.63) is 70.7 Å². The van der Waals surface area contributed by atoms with Crippen molar-refractivity contribution in [1.29, 1.82) is 0 Å². The van der Waals surface area contributed by atoms with Crippen LogP contribution in [0.2, 0.25) is 0 Å². The van der Waals surface area contributed by atoms with Crippen LogP contribution >= 0.6 is 11.3 Å². The molecule has 1 N–H and O–H groups in total. The molecule has 0 spiro atoms. The molecule has 0 saturated carbocycles. The third-order valence-electron chi connectivity index (χ3n) is 6.20. The van der Waals surface area contributed by atoms with Gasteiger partial charge in [-0.3, -0.25) is 10.1 Å². The average Bonchev–Trinajstić information content (AvgIpc) is 3.50. The molecule has 0 radical (unpaired) electrons. The average molecular weight is 466 g/mol. The molecule has 1 fully saturated rings. The van der Waals surface area contributed by atoms with Gasteiger partial charge in [0.15, 0.2) is 5.13 Å². The Hall–Kier alpha value is -2.94. The summed E-state index contributed by atoms with van der Waals surface area (Å²) in [6.07, 6.45) is 0. The Kier molecular flexibility index (Phi) is 6.69. The molecule has 8 heteroatoms. The molecule has 0 atom stereocenters. The zero-order valence-corrected chi connectivity index (χ0v) is 20.6. The number of methoxy groups -OCH3 is 1. The van der Waals surface area contributed by atoms with Crippen molar-refractivity contribution in [2.24, 2.45) is 0 Å². The number of rotatable bonds is 7. The van der Waals surface area contributed by atoms with E-state index in [1.54, 1.807) is 7.11 Å². The number of amides is 1. The summed E-state index contributed by atoms with van der Waals surface area (Å²) in [6.45, 7) is 7.07. The normalized spacial score (nSPS) is 14.7. The molecule has 4 rings (SSSR count). The van der Waals surface area contributed by atoms with Crippen molar-refractivity contribution < 1.29 is 9.53 Å². The summed E-state index contributed by atoms with van der Waals surface area (Å²) in [4.78, 5) is 19.8. The smallest absolute Gasteiger partial charge is 0.257 e. The lowest BCUT2D eigenvalue weighted by molar-refractivity contribution is 0.0553. The molecule has 7 nitrogen and oxygen atoms in total. The van der Waals surface area contributed by atoms with Crippen LogP contribution in [0.1, 0.15) is 35.5 Å². The molecule has 1 aromatic heterocycles. The van der Waals surface area contributed by atoms with Crippen LogP contribution in [-0.4, -0.2) is 61.9 Å². The minimum absolute atomic E-state index is 0.152. The number of nitrogens with one attached hydrogen (secondary N) is 1. The van der Waals surface area contributed by atoms with Gasteiger partial charge in [-0.25, -0.2) is 15.0 Å². The Morgan fingerprint density at radius 3 is 2.39 bits per heavy atom. The number of ether oxygens (including phenoxy) is 1. The van der Waals surface area contributed by atoms with Crippen LogP contribution in [0.4, 0.5) is 10.8 Å². The molecule has 1 aliphatic rings. The predicted molar refractivity (Wildman–Crippen MR) is 134 cm³/mol. The van der Waals surface area contributed by atoms with E-state index in [9.17, 15) is 4.79 Å². The highest BCUT2D eigenvalue weighted by molar-refractivity contribution is 7.14. The second kappa shape index (κ2) is 9.51. The second-order valence-electron chi connectivity index (χ2n) is 8.87. The summed E-state index contributed by atoms with van der Waals surface area (Å²) >= 11 is 1.44. The SMILES string of the molecule is COc1ccc(C(C)(C)c2csc(NC(=O)c3ccc(N4CCN(N(C)C)C4)cc3)n2)cc1. The van der Waals surface area contributed by atoms with Crippen LogP contribution in [-0.2, 0) is 5.41 Å². The topological polar surface area (TPSA) is 60.9 Å². The molecule has 0 aliphatic carbocycles. The first-order valence-corrected chi connectivity index (χ1v) is 11.8. The number of nitrogens with zero attached hydrogens (tertiary/aromatic N) is 4. The third-order valence-corrected chi connectivity index (χ3v) is 6.96. The first kappa shape index (κ1) is 23.2. The number of hydrogen-bond acceptors (Lipinski definition) is 7. The Bertz CT molecular complexity index is 1090. The van der Waals surface area contributed by atoms with E-state index in [-0.39, 0.29) is 11.3 Å². The maximum Gasteiger partial charge on any atom is 0.257 e. The molecular formula is C25H31N5O2S. The molecule has 0 unspecified atom stereocenters. The summed E-state index contributed by atoms with van der Waals surface area (Å²) in [7, 11) is 5.77. The monoisotopic (exact) mass is 465 g/mol. The van der Waals surface area contributed by atoms with E-state index in [1.165, 1.54) is 11.3 Å². The van der Waals surface area contributed by atoms with E-state index in [0.29, 0.717) is 10.7 Å². The number of aromatic nitrogens is 1. The van der Waals surface area contributed by atoms with Gasteiger partial charge in [-0.05, 0) is 42.0 Å². The summed E-state index contributed by atoms with van der Waals surface area (Å²) in [5.41, 5.74) is 3.51.